The molecule has 42 heavy (non-hydrogen) atoms. The summed E-state index contributed by atoms with van der Waals surface area (Å²) in [6.07, 6.45) is 0. The SMILES string of the molecule is C=C(C)C(=O)Oc1ccc(C#Cc2ccc(OC(=O)C(=C)C)cc2OC(=O)C(=C)COC)c(OC(=O)C(=C)COC)c1. The lowest BCUT2D eigenvalue weighted by Gasteiger charge is -2.11. The van der Waals surface area contributed by atoms with Gasteiger partial charge in [0.15, 0.2) is 11.5 Å². The highest BCUT2D eigenvalue weighted by molar-refractivity contribution is 5.92. The first-order chi connectivity index (χ1) is 19.9. The third-order valence-electron chi connectivity index (χ3n) is 4.98. The molecule has 2 rings (SSSR count). The number of methoxy groups -OCH3 is 2. The lowest BCUT2D eigenvalue weighted by molar-refractivity contribution is -0.131. The molecule has 0 N–H and O–H groups in total. The van der Waals surface area contributed by atoms with Crippen LogP contribution in [-0.2, 0) is 28.7 Å². The van der Waals surface area contributed by atoms with Crippen LogP contribution in [0.3, 0.4) is 0 Å². The van der Waals surface area contributed by atoms with Gasteiger partial charge < -0.3 is 28.4 Å². The molecule has 10 nitrogen and oxygen atoms in total. The van der Waals surface area contributed by atoms with E-state index in [1.165, 1.54) is 64.5 Å². The van der Waals surface area contributed by atoms with E-state index in [9.17, 15) is 19.2 Å². The van der Waals surface area contributed by atoms with Crippen LogP contribution in [0.5, 0.6) is 23.0 Å². The summed E-state index contributed by atoms with van der Waals surface area (Å²) in [7, 11) is 2.79. The highest BCUT2D eigenvalue weighted by Crippen LogP contribution is 2.28. The number of hydrogen-bond acceptors (Lipinski definition) is 10. The number of ether oxygens (including phenoxy) is 6. The first-order valence-corrected chi connectivity index (χ1v) is 12.2. The molecule has 0 saturated heterocycles. The number of carbonyl (C=O) groups is 4. The second-order valence-corrected chi connectivity index (χ2v) is 8.76. The summed E-state index contributed by atoms with van der Waals surface area (Å²) in [4.78, 5) is 49.1. The number of benzene rings is 2. The smallest absolute Gasteiger partial charge is 0.341 e. The van der Waals surface area contributed by atoms with Crippen LogP contribution in [0.4, 0.5) is 0 Å². The first-order valence-electron chi connectivity index (χ1n) is 12.2. The van der Waals surface area contributed by atoms with E-state index in [1.807, 2.05) is 0 Å². The Labute approximate surface area is 243 Å². The highest BCUT2D eigenvalue weighted by atomic mass is 16.6. The van der Waals surface area contributed by atoms with Crippen LogP contribution in [-0.4, -0.2) is 51.3 Å². The van der Waals surface area contributed by atoms with Crippen LogP contribution >= 0.6 is 0 Å². The van der Waals surface area contributed by atoms with Gasteiger partial charge in [0.05, 0.1) is 35.5 Å². The zero-order valence-electron chi connectivity index (χ0n) is 23.8. The van der Waals surface area contributed by atoms with Crippen molar-refractivity contribution in [1.82, 2.24) is 0 Å². The van der Waals surface area contributed by atoms with Crippen molar-refractivity contribution < 1.29 is 47.6 Å². The predicted octanol–water partition coefficient (Wildman–Crippen LogP) is 4.27. The van der Waals surface area contributed by atoms with Crippen LogP contribution in [0.25, 0.3) is 0 Å². The van der Waals surface area contributed by atoms with Crippen molar-refractivity contribution >= 4 is 23.9 Å². The van der Waals surface area contributed by atoms with Gasteiger partial charge in [0, 0.05) is 37.5 Å². The molecule has 0 spiro atoms. The number of carbonyl (C=O) groups excluding carboxylic acids is 4. The Bertz CT molecular complexity index is 1410. The number of hydrogen-bond donors (Lipinski definition) is 0. The highest BCUT2D eigenvalue weighted by Gasteiger charge is 2.17. The van der Waals surface area contributed by atoms with Crippen LogP contribution in [0.2, 0.25) is 0 Å². The fraction of sp³-hybridized carbons (Fsp3) is 0.188. The van der Waals surface area contributed by atoms with Gasteiger partial charge in [-0.1, -0.05) is 38.2 Å². The van der Waals surface area contributed by atoms with E-state index in [0.717, 1.165) is 0 Å². The minimum absolute atomic E-state index is 0.0335. The molecular weight excluding hydrogens is 544 g/mol. The van der Waals surface area contributed by atoms with Gasteiger partial charge in [-0.05, 0) is 38.1 Å². The van der Waals surface area contributed by atoms with Crippen molar-refractivity contribution in [2.75, 3.05) is 27.4 Å². The molecule has 0 bridgehead atoms. The van der Waals surface area contributed by atoms with Gasteiger partial charge in [-0.2, -0.15) is 0 Å². The largest absolute Gasteiger partial charge is 0.423 e. The van der Waals surface area contributed by atoms with Crippen LogP contribution in [0.1, 0.15) is 25.0 Å². The Morgan fingerprint density at radius 2 is 0.952 bits per heavy atom. The maximum atomic E-state index is 12.5. The number of rotatable bonds is 12. The van der Waals surface area contributed by atoms with E-state index >= 15 is 0 Å². The normalized spacial score (nSPS) is 9.90. The van der Waals surface area contributed by atoms with E-state index in [0.29, 0.717) is 0 Å². The maximum Gasteiger partial charge on any atom is 0.341 e. The zero-order chi connectivity index (χ0) is 31.4. The second kappa shape index (κ2) is 15.5. The minimum atomic E-state index is -0.793. The molecular formula is C32H30O10. The molecule has 0 aliphatic carbocycles. The third kappa shape index (κ3) is 9.75. The fourth-order valence-corrected chi connectivity index (χ4v) is 2.84. The quantitative estimate of drug-likeness (QED) is 0.157. The molecule has 0 atom stereocenters. The summed E-state index contributed by atoms with van der Waals surface area (Å²) in [5, 5.41) is 0. The minimum Gasteiger partial charge on any atom is -0.423 e. The standard InChI is InChI=1S/C32H30O10/c1-19(2)29(33)39-25-13-11-23(27(15-25)41-31(35)21(5)17-37-7)9-10-24-12-14-26(40-30(34)20(3)4)16-28(24)42-32(36)22(6)18-38-8/h11-16H,1,3,5-6,17-18H2,2,4,7-8H3. The van der Waals surface area contributed by atoms with Crippen molar-refractivity contribution in [3.63, 3.8) is 0 Å². The topological polar surface area (TPSA) is 124 Å². The molecule has 10 heteroatoms. The molecule has 0 heterocycles. The average Bonchev–Trinajstić information content (AvgIpc) is 2.93. The monoisotopic (exact) mass is 574 g/mol. The van der Waals surface area contributed by atoms with Gasteiger partial charge in [0.25, 0.3) is 0 Å². The molecule has 2 aromatic carbocycles. The van der Waals surface area contributed by atoms with Crippen molar-refractivity contribution in [2.45, 2.75) is 13.8 Å². The van der Waals surface area contributed by atoms with E-state index in [-0.39, 0.29) is 69.6 Å². The van der Waals surface area contributed by atoms with Crippen molar-refractivity contribution in [3.8, 4) is 34.8 Å². The van der Waals surface area contributed by atoms with Gasteiger partial charge >= 0.3 is 23.9 Å². The van der Waals surface area contributed by atoms with E-state index in [1.54, 1.807) is 0 Å². The van der Waals surface area contributed by atoms with Gasteiger partial charge in [0.2, 0.25) is 0 Å². The second-order valence-electron chi connectivity index (χ2n) is 8.76. The summed E-state index contributed by atoms with van der Waals surface area (Å²) in [6, 6.07) is 8.43. The summed E-state index contributed by atoms with van der Waals surface area (Å²) < 4.78 is 31.3. The molecule has 0 aromatic heterocycles. The zero-order valence-corrected chi connectivity index (χ0v) is 23.8. The molecule has 0 unspecified atom stereocenters. The third-order valence-corrected chi connectivity index (χ3v) is 4.98. The van der Waals surface area contributed by atoms with Crippen molar-refractivity contribution in [2.24, 2.45) is 0 Å². The fourth-order valence-electron chi connectivity index (χ4n) is 2.84. The maximum absolute atomic E-state index is 12.5. The molecule has 0 fully saturated rings. The molecule has 218 valence electrons. The molecule has 0 amide bonds. The van der Waals surface area contributed by atoms with Gasteiger partial charge in [-0.25, -0.2) is 19.2 Å². The summed E-state index contributed by atoms with van der Waals surface area (Å²) >= 11 is 0. The molecule has 0 saturated carbocycles. The average molecular weight is 575 g/mol. The van der Waals surface area contributed by atoms with Gasteiger partial charge in [-0.15, -0.1) is 0 Å². The lowest BCUT2D eigenvalue weighted by Crippen LogP contribution is -2.15. The Hall–Kier alpha value is -5.24. The number of esters is 4. The molecule has 0 aliphatic heterocycles. The van der Waals surface area contributed by atoms with Crippen LogP contribution in [0, 0.1) is 11.8 Å². The Morgan fingerprint density at radius 1 is 0.595 bits per heavy atom. The summed E-state index contributed by atoms with van der Waals surface area (Å²) in [5.41, 5.74) is 0.819. The lowest BCUT2D eigenvalue weighted by atomic mass is 10.1. The predicted molar refractivity (Wildman–Crippen MR) is 153 cm³/mol. The molecule has 2 aromatic rings. The van der Waals surface area contributed by atoms with Gasteiger partial charge in [-0.3, -0.25) is 0 Å². The Morgan fingerprint density at radius 3 is 1.26 bits per heavy atom. The van der Waals surface area contributed by atoms with Crippen molar-refractivity contribution in [3.05, 3.63) is 96.1 Å². The summed E-state index contributed by atoms with van der Waals surface area (Å²) in [5.74, 6) is 2.81. The Kier molecular flexibility index (Phi) is 12.2. The Balaban J connectivity index is 2.56. The van der Waals surface area contributed by atoms with Crippen molar-refractivity contribution in [1.29, 1.82) is 0 Å². The summed E-state index contributed by atoms with van der Waals surface area (Å²) in [6.45, 7) is 17.1. The van der Waals surface area contributed by atoms with E-state index < -0.39 is 23.9 Å². The molecule has 0 aliphatic rings. The van der Waals surface area contributed by atoms with Crippen LogP contribution < -0.4 is 18.9 Å². The molecule has 0 radical (unpaired) electrons. The van der Waals surface area contributed by atoms with E-state index in [2.05, 4.69) is 38.2 Å². The first kappa shape index (κ1) is 33.0. The van der Waals surface area contributed by atoms with E-state index in [4.69, 9.17) is 28.4 Å². The van der Waals surface area contributed by atoms with Gasteiger partial charge in [0.1, 0.15) is 11.5 Å². The van der Waals surface area contributed by atoms with Crippen LogP contribution in [0.15, 0.2) is 85.0 Å².